The van der Waals surface area contributed by atoms with Crippen LogP contribution < -0.4 is 9.62 Å². The molecule has 0 spiro atoms. The molecule has 0 bridgehead atoms. The Hall–Kier alpha value is -4.14. The van der Waals surface area contributed by atoms with E-state index in [0.717, 1.165) is 33.8 Å². The van der Waals surface area contributed by atoms with Gasteiger partial charge in [0.05, 0.1) is 15.6 Å². The lowest BCUT2D eigenvalue weighted by atomic mass is 10.0. The molecule has 0 heterocycles. The van der Waals surface area contributed by atoms with E-state index in [1.54, 1.807) is 42.5 Å². The normalized spacial score (nSPS) is 11.9. The molecule has 0 saturated carbocycles. The van der Waals surface area contributed by atoms with Crippen molar-refractivity contribution in [3.05, 3.63) is 131 Å². The van der Waals surface area contributed by atoms with Crippen LogP contribution in [0.5, 0.6) is 0 Å². The second-order valence-corrected chi connectivity index (χ2v) is 12.9. The molecule has 1 atom stereocenters. The predicted molar refractivity (Wildman–Crippen MR) is 176 cm³/mol. The molecule has 4 aromatic rings. The summed E-state index contributed by atoms with van der Waals surface area (Å²) in [5.74, 6) is -0.824. The minimum atomic E-state index is -4.21. The van der Waals surface area contributed by atoms with Crippen LogP contribution in [0.15, 0.2) is 114 Å². The molecule has 44 heavy (non-hydrogen) atoms. The Morgan fingerprint density at radius 2 is 1.43 bits per heavy atom. The number of nitrogens with zero attached hydrogens (tertiary/aromatic N) is 2. The molecule has 0 aromatic heterocycles. The van der Waals surface area contributed by atoms with E-state index in [0.29, 0.717) is 6.54 Å². The van der Waals surface area contributed by atoms with Gasteiger partial charge in [-0.2, -0.15) is 0 Å². The molecule has 2 amide bonds. The minimum Gasteiger partial charge on any atom is -0.354 e. The van der Waals surface area contributed by atoms with Crippen LogP contribution in [-0.2, 0) is 32.6 Å². The Morgan fingerprint density at radius 3 is 2.07 bits per heavy atom. The highest BCUT2D eigenvalue weighted by Crippen LogP contribution is 2.31. The molecule has 4 rings (SSSR count). The van der Waals surface area contributed by atoms with Gasteiger partial charge < -0.3 is 10.2 Å². The van der Waals surface area contributed by atoms with Gasteiger partial charge in [0.15, 0.2) is 0 Å². The van der Waals surface area contributed by atoms with E-state index in [2.05, 4.69) is 5.32 Å². The van der Waals surface area contributed by atoms with Crippen LogP contribution in [0.3, 0.4) is 0 Å². The van der Waals surface area contributed by atoms with Gasteiger partial charge >= 0.3 is 0 Å². The molecule has 1 unspecified atom stereocenters. The van der Waals surface area contributed by atoms with Crippen molar-refractivity contribution >= 4 is 39.1 Å². The summed E-state index contributed by atoms with van der Waals surface area (Å²) in [5.41, 5.74) is 2.93. The second kappa shape index (κ2) is 15.5. The predicted octanol–water partition coefficient (Wildman–Crippen LogP) is 6.40. The lowest BCUT2D eigenvalue weighted by Gasteiger charge is -2.34. The van der Waals surface area contributed by atoms with Gasteiger partial charge in [0.1, 0.15) is 12.6 Å². The zero-order valence-corrected chi connectivity index (χ0v) is 26.6. The van der Waals surface area contributed by atoms with Crippen molar-refractivity contribution in [2.24, 2.45) is 0 Å². The lowest BCUT2D eigenvalue weighted by molar-refractivity contribution is -0.140. The van der Waals surface area contributed by atoms with Gasteiger partial charge in [-0.05, 0) is 48.7 Å². The van der Waals surface area contributed by atoms with E-state index >= 15 is 0 Å². The quantitative estimate of drug-likeness (QED) is 0.163. The molecule has 0 fully saturated rings. The number of carbonyl (C=O) groups is 2. The maximum Gasteiger partial charge on any atom is 0.264 e. The van der Waals surface area contributed by atoms with Crippen molar-refractivity contribution < 1.29 is 18.0 Å². The smallest absolute Gasteiger partial charge is 0.264 e. The fraction of sp³-hybridized carbons (Fsp3) is 0.257. The molecular weight excluding hydrogens is 594 g/mol. The summed E-state index contributed by atoms with van der Waals surface area (Å²) >= 11 is 6.52. The summed E-state index contributed by atoms with van der Waals surface area (Å²) in [6, 6.07) is 30.8. The maximum absolute atomic E-state index is 14.5. The molecule has 9 heteroatoms. The van der Waals surface area contributed by atoms with E-state index in [9.17, 15) is 18.0 Å². The Bertz CT molecular complexity index is 1630. The summed E-state index contributed by atoms with van der Waals surface area (Å²) in [6.45, 7) is 4.04. The SMILES string of the molecule is CCCCNC(=O)C(Cc1ccccc1)N(Cc1ccc(C)cc1)C(=O)CN(c1ccccc1Cl)S(=O)(=O)c1ccccc1. The Morgan fingerprint density at radius 1 is 0.818 bits per heavy atom. The minimum absolute atomic E-state index is 0.0240. The number of para-hydroxylation sites is 1. The van der Waals surface area contributed by atoms with Crippen molar-refractivity contribution in [1.82, 2.24) is 10.2 Å². The molecule has 7 nitrogen and oxygen atoms in total. The Labute approximate surface area is 265 Å². The van der Waals surface area contributed by atoms with E-state index in [-0.39, 0.29) is 34.5 Å². The third kappa shape index (κ3) is 8.49. The molecule has 0 aliphatic carbocycles. The fourth-order valence-electron chi connectivity index (χ4n) is 4.84. The summed E-state index contributed by atoms with van der Waals surface area (Å²) in [6.07, 6.45) is 1.96. The monoisotopic (exact) mass is 631 g/mol. The molecule has 0 aliphatic heterocycles. The van der Waals surface area contributed by atoms with Gasteiger partial charge in [-0.25, -0.2) is 8.42 Å². The average molecular weight is 632 g/mol. The first-order valence-corrected chi connectivity index (χ1v) is 16.5. The number of amides is 2. The third-order valence-corrected chi connectivity index (χ3v) is 9.40. The molecule has 1 N–H and O–H groups in total. The highest BCUT2D eigenvalue weighted by Gasteiger charge is 2.35. The van der Waals surface area contributed by atoms with Crippen LogP contribution in [-0.4, -0.2) is 44.3 Å². The van der Waals surface area contributed by atoms with Crippen molar-refractivity contribution in [1.29, 1.82) is 0 Å². The van der Waals surface area contributed by atoms with Gasteiger partial charge in [0.2, 0.25) is 11.8 Å². The van der Waals surface area contributed by atoms with E-state index in [1.807, 2.05) is 68.4 Å². The van der Waals surface area contributed by atoms with E-state index < -0.39 is 28.5 Å². The number of aryl methyl sites for hydroxylation is 1. The zero-order chi connectivity index (χ0) is 31.5. The number of carbonyl (C=O) groups excluding carboxylic acids is 2. The van der Waals surface area contributed by atoms with E-state index in [4.69, 9.17) is 11.6 Å². The van der Waals surface area contributed by atoms with Gasteiger partial charge in [-0.15, -0.1) is 0 Å². The van der Waals surface area contributed by atoms with Crippen LogP contribution in [0.25, 0.3) is 0 Å². The third-order valence-electron chi connectivity index (χ3n) is 7.31. The largest absolute Gasteiger partial charge is 0.354 e. The number of rotatable bonds is 14. The van der Waals surface area contributed by atoms with Crippen LogP contribution in [0.1, 0.15) is 36.5 Å². The number of nitrogens with one attached hydrogen (secondary N) is 1. The molecule has 0 saturated heterocycles. The number of hydrogen-bond acceptors (Lipinski definition) is 4. The van der Waals surface area contributed by atoms with E-state index in [1.165, 1.54) is 17.0 Å². The van der Waals surface area contributed by atoms with Crippen molar-refractivity contribution in [2.45, 2.75) is 50.6 Å². The van der Waals surface area contributed by atoms with Gasteiger partial charge in [-0.1, -0.05) is 115 Å². The second-order valence-electron chi connectivity index (χ2n) is 10.6. The highest BCUT2D eigenvalue weighted by molar-refractivity contribution is 7.92. The molecular formula is C35H38ClN3O4S. The molecule has 0 radical (unpaired) electrons. The summed E-state index contributed by atoms with van der Waals surface area (Å²) < 4.78 is 29.1. The first kappa shape index (κ1) is 32.8. The number of sulfonamides is 1. The maximum atomic E-state index is 14.5. The standard InChI is InChI=1S/C35H38ClN3O4S/c1-3-4-23-37-35(41)33(24-28-13-7-5-8-14-28)38(25-29-21-19-27(2)20-22-29)34(40)26-39(32-18-12-11-17-31(32)36)44(42,43)30-15-9-6-10-16-30/h5-22,33H,3-4,23-26H2,1-2H3,(H,37,41). The summed E-state index contributed by atoms with van der Waals surface area (Å²) in [4.78, 5) is 29.7. The number of halogens is 1. The van der Waals surface area contributed by atoms with Crippen LogP contribution in [0, 0.1) is 6.92 Å². The molecule has 0 aliphatic rings. The molecule has 4 aromatic carbocycles. The Kier molecular flexibility index (Phi) is 11.6. The summed E-state index contributed by atoms with van der Waals surface area (Å²) in [7, 11) is -4.21. The number of hydrogen-bond donors (Lipinski definition) is 1. The van der Waals surface area contributed by atoms with Crippen molar-refractivity contribution in [3.63, 3.8) is 0 Å². The highest BCUT2D eigenvalue weighted by atomic mass is 35.5. The lowest BCUT2D eigenvalue weighted by Crippen LogP contribution is -2.53. The topological polar surface area (TPSA) is 86.8 Å². The van der Waals surface area contributed by atoms with Crippen LogP contribution in [0.2, 0.25) is 5.02 Å². The first-order chi connectivity index (χ1) is 21.2. The first-order valence-electron chi connectivity index (χ1n) is 14.7. The number of anilines is 1. The van der Waals surface area contributed by atoms with Crippen molar-refractivity contribution in [2.75, 3.05) is 17.4 Å². The van der Waals surface area contributed by atoms with Crippen molar-refractivity contribution in [3.8, 4) is 0 Å². The van der Waals surface area contributed by atoms with Gasteiger partial charge in [0.25, 0.3) is 10.0 Å². The van der Waals surface area contributed by atoms with Gasteiger partial charge in [-0.3, -0.25) is 13.9 Å². The fourth-order valence-corrected chi connectivity index (χ4v) is 6.58. The average Bonchev–Trinajstić information content (AvgIpc) is 3.03. The molecule has 230 valence electrons. The zero-order valence-electron chi connectivity index (χ0n) is 25.0. The van der Waals surface area contributed by atoms with Crippen LogP contribution in [0.4, 0.5) is 5.69 Å². The Balaban J connectivity index is 1.78. The number of benzene rings is 4. The number of unbranched alkanes of at least 4 members (excludes halogenated alkanes) is 1. The van der Waals surface area contributed by atoms with Gasteiger partial charge in [0, 0.05) is 19.5 Å². The van der Waals surface area contributed by atoms with Crippen LogP contribution >= 0.6 is 11.6 Å². The summed E-state index contributed by atoms with van der Waals surface area (Å²) in [5, 5.41) is 3.18.